The molecule has 0 spiro atoms. The third kappa shape index (κ3) is 1.80. The third-order valence-electron chi connectivity index (χ3n) is 1.77. The lowest BCUT2D eigenvalue weighted by Gasteiger charge is -2.10. The molecule has 1 saturated carbocycles. The van der Waals surface area contributed by atoms with Crippen LogP contribution in [0.25, 0.3) is 0 Å². The summed E-state index contributed by atoms with van der Waals surface area (Å²) in [5.74, 6) is 0. The van der Waals surface area contributed by atoms with Gasteiger partial charge in [-0.3, -0.25) is 0 Å². The van der Waals surface area contributed by atoms with Crippen molar-refractivity contribution in [2.75, 3.05) is 0 Å². The van der Waals surface area contributed by atoms with Crippen molar-refractivity contribution in [1.82, 2.24) is 0 Å². The molecule has 0 radical (unpaired) electrons. The molecule has 0 nitrogen and oxygen atoms in total. The van der Waals surface area contributed by atoms with Crippen molar-refractivity contribution in [3.05, 3.63) is 0 Å². The van der Waals surface area contributed by atoms with E-state index in [1.54, 1.807) is 0 Å². The van der Waals surface area contributed by atoms with E-state index in [0.29, 0.717) is 0 Å². The molecule has 2 heteroatoms. The third-order valence-corrected chi connectivity index (χ3v) is 3.68. The average molecular weight is 147 g/mol. The lowest BCUT2D eigenvalue weighted by Crippen LogP contribution is -2.03. The predicted octanol–water partition coefficient (Wildman–Crippen LogP) is 2.46. The summed E-state index contributed by atoms with van der Waals surface area (Å²) in [6.07, 6.45) is 7.17. The second-order valence-corrected chi connectivity index (χ2v) is 4.21. The number of hydrogen-bond donors (Lipinski definition) is 0. The molecule has 0 bridgehead atoms. The van der Waals surface area contributed by atoms with Gasteiger partial charge in [0, 0.05) is 0 Å². The Morgan fingerprint density at radius 3 is 2.12 bits per heavy atom. The lowest BCUT2D eigenvalue weighted by molar-refractivity contribution is 0.515. The van der Waals surface area contributed by atoms with Crippen molar-refractivity contribution in [3.63, 3.8) is 0 Å². The molecule has 46 valence electrons. The van der Waals surface area contributed by atoms with Crippen LogP contribution in [0.4, 0.5) is 0 Å². The Kier molecular flexibility index (Phi) is 2.93. The van der Waals surface area contributed by atoms with Crippen LogP contribution in [-0.2, 0) is 11.8 Å². The largest absolute Gasteiger partial charge is 0.163 e. The van der Waals surface area contributed by atoms with E-state index in [4.69, 9.17) is 11.8 Å². The number of rotatable bonds is 1. The fraction of sp³-hybridized carbons (Fsp3) is 1.00. The van der Waals surface area contributed by atoms with Gasteiger partial charge in [-0.1, -0.05) is 6.42 Å². The van der Waals surface area contributed by atoms with Gasteiger partial charge in [0.1, 0.15) is 5.66 Å². The summed E-state index contributed by atoms with van der Waals surface area (Å²) < 4.78 is 0. The van der Waals surface area contributed by atoms with Crippen LogP contribution in [0, 0.1) is 0 Å². The smallest absolute Gasteiger partial charge is 0.0530 e. The quantitative estimate of drug-likeness (QED) is 0.513. The van der Waals surface area contributed by atoms with E-state index in [-0.39, 0.29) is 0 Å². The molecule has 1 rings (SSSR count). The van der Waals surface area contributed by atoms with Gasteiger partial charge in [0.15, 0.2) is 19.2 Å². The zero-order valence-electron chi connectivity index (χ0n) is 5.02. The molecule has 1 atom stereocenters. The number of hydrogen-bond acceptors (Lipinski definition) is 1. The van der Waals surface area contributed by atoms with Crippen molar-refractivity contribution in [1.29, 1.82) is 0 Å². The van der Waals surface area contributed by atoms with Crippen LogP contribution >= 0.6 is 7.36 Å². The van der Waals surface area contributed by atoms with E-state index in [9.17, 15) is 0 Å². The predicted molar refractivity (Wildman–Crippen MR) is 42.6 cm³/mol. The molecule has 1 aliphatic rings. The molecule has 0 aromatic carbocycles. The molecule has 8 heavy (non-hydrogen) atoms. The summed E-state index contributed by atoms with van der Waals surface area (Å²) in [5.41, 5.74) is 0.929. The topological polar surface area (TPSA) is 0 Å². The van der Waals surface area contributed by atoms with E-state index in [1.807, 2.05) is 0 Å². The monoisotopic (exact) mass is 147 g/mol. The Balaban J connectivity index is 2.22. The van der Waals surface area contributed by atoms with Crippen LogP contribution in [0.2, 0.25) is 0 Å². The zero-order chi connectivity index (χ0) is 5.82. The Bertz CT molecular complexity index is 76.6. The molecule has 0 aromatic heterocycles. The van der Waals surface area contributed by atoms with Gasteiger partial charge < -0.3 is 0 Å². The summed E-state index contributed by atoms with van der Waals surface area (Å²) in [4.78, 5) is 0. The molecule has 0 aliphatic heterocycles. The van der Waals surface area contributed by atoms with Crippen molar-refractivity contribution in [3.8, 4) is 0 Å². The van der Waals surface area contributed by atoms with Crippen LogP contribution < -0.4 is 0 Å². The maximum absolute atomic E-state index is 5.00. The maximum Gasteiger partial charge on any atom is 0.163 e. The molecular weight excluding hydrogens is 135 g/mol. The Morgan fingerprint density at radius 1 is 1.12 bits per heavy atom. The van der Waals surface area contributed by atoms with Gasteiger partial charge in [-0.2, -0.15) is 0 Å². The van der Waals surface area contributed by atoms with Crippen LogP contribution in [0.1, 0.15) is 32.1 Å². The van der Waals surface area contributed by atoms with Crippen molar-refractivity contribution in [2.24, 2.45) is 0 Å². The Labute approximate surface area is 57.5 Å². The van der Waals surface area contributed by atoms with Crippen molar-refractivity contribution in [2.45, 2.75) is 37.8 Å². The fourth-order valence-corrected chi connectivity index (χ4v) is 2.57. The fourth-order valence-electron chi connectivity index (χ4n) is 1.22. The molecule has 1 fully saturated rings. The van der Waals surface area contributed by atoms with Crippen LogP contribution in [0.15, 0.2) is 0 Å². The van der Waals surface area contributed by atoms with Crippen LogP contribution in [0.3, 0.4) is 0 Å². The summed E-state index contributed by atoms with van der Waals surface area (Å²) in [5, 5.41) is 0. The summed E-state index contributed by atoms with van der Waals surface area (Å²) in [6, 6.07) is 0. The van der Waals surface area contributed by atoms with Gasteiger partial charge in [-0.15, -0.1) is 0 Å². The van der Waals surface area contributed by atoms with Gasteiger partial charge >= 0.3 is 0 Å². The molecule has 0 N–H and O–H groups in total. The van der Waals surface area contributed by atoms with Gasteiger partial charge in [-0.05, 0) is 25.7 Å². The minimum absolute atomic E-state index is 0.790. The van der Waals surface area contributed by atoms with E-state index in [1.165, 1.54) is 32.1 Å². The molecule has 0 heterocycles. The van der Waals surface area contributed by atoms with Gasteiger partial charge in [0.25, 0.3) is 0 Å². The highest BCUT2D eigenvalue weighted by atomic mass is 32.4. The highest BCUT2D eigenvalue weighted by Crippen LogP contribution is 2.26. The van der Waals surface area contributed by atoms with Gasteiger partial charge in [0.05, 0.1) is 0 Å². The highest BCUT2D eigenvalue weighted by Gasteiger charge is 2.15. The lowest BCUT2D eigenvalue weighted by atomic mass is 10.0. The minimum atomic E-state index is 0.790. The highest BCUT2D eigenvalue weighted by molar-refractivity contribution is 7.96. The first-order valence-corrected chi connectivity index (χ1v) is 5.52. The second-order valence-electron chi connectivity index (χ2n) is 2.45. The summed E-state index contributed by atoms with van der Waals surface area (Å²) in [7, 11) is 0.790. The molecule has 1 aliphatic carbocycles. The Hall–Kier alpha value is 0.520. The van der Waals surface area contributed by atoms with E-state index in [2.05, 4.69) is 0 Å². The second kappa shape index (κ2) is 3.53. The van der Waals surface area contributed by atoms with E-state index in [0.717, 1.165) is 13.0 Å². The van der Waals surface area contributed by atoms with Crippen molar-refractivity contribution >= 4 is 19.2 Å². The standard InChI is InChI=1S/C6H11PS/c8-7-6-4-2-1-3-5-6/h6H,1-5H2/p+1. The maximum atomic E-state index is 5.00. The first-order chi connectivity index (χ1) is 3.93. The van der Waals surface area contributed by atoms with E-state index >= 15 is 0 Å². The van der Waals surface area contributed by atoms with E-state index < -0.39 is 0 Å². The summed E-state index contributed by atoms with van der Waals surface area (Å²) in [6.45, 7) is 0. The van der Waals surface area contributed by atoms with Gasteiger partial charge in [-0.25, -0.2) is 0 Å². The zero-order valence-corrected chi connectivity index (χ0v) is 6.84. The molecule has 0 amide bonds. The van der Waals surface area contributed by atoms with Gasteiger partial charge in [0.2, 0.25) is 0 Å². The minimum Gasteiger partial charge on any atom is -0.0530 e. The Morgan fingerprint density at radius 2 is 1.75 bits per heavy atom. The molecule has 0 saturated heterocycles. The first-order valence-electron chi connectivity index (χ1n) is 3.31. The normalized spacial score (nSPS) is 24.0. The van der Waals surface area contributed by atoms with Crippen LogP contribution in [0.5, 0.6) is 0 Å². The average Bonchev–Trinajstić information content (AvgIpc) is 1.90. The van der Waals surface area contributed by atoms with Crippen LogP contribution in [-0.4, -0.2) is 5.66 Å². The molecule has 1 unspecified atom stereocenters. The van der Waals surface area contributed by atoms with Crippen molar-refractivity contribution < 1.29 is 0 Å². The molecule has 0 aromatic rings. The SMILES string of the molecule is S=[PH+]C1CCCCC1. The first kappa shape index (κ1) is 6.64. The molecular formula is C6H12PS+. The summed E-state index contributed by atoms with van der Waals surface area (Å²) >= 11 is 5.00.